The van der Waals surface area contributed by atoms with Crippen molar-refractivity contribution in [2.45, 2.75) is 19.5 Å². The van der Waals surface area contributed by atoms with Crippen molar-refractivity contribution in [3.63, 3.8) is 0 Å². The summed E-state index contributed by atoms with van der Waals surface area (Å²) in [5, 5.41) is 7.75. The zero-order chi connectivity index (χ0) is 14.8. The zero-order valence-corrected chi connectivity index (χ0v) is 13.7. The third-order valence-corrected chi connectivity index (χ3v) is 4.21. The maximum Gasteiger partial charge on any atom is 0.161 e. The predicted octanol–water partition coefficient (Wildman–Crippen LogP) is 2.75. The van der Waals surface area contributed by atoms with Gasteiger partial charge >= 0.3 is 0 Å². The van der Waals surface area contributed by atoms with E-state index in [4.69, 9.17) is 9.47 Å². The third kappa shape index (κ3) is 2.65. The molecule has 0 bridgehead atoms. The van der Waals surface area contributed by atoms with Crippen molar-refractivity contribution in [2.75, 3.05) is 20.3 Å². The molecule has 0 radical (unpaired) electrons. The largest absolute Gasteiger partial charge is 0.486 e. The summed E-state index contributed by atoms with van der Waals surface area (Å²) in [7, 11) is 1.95. The first-order valence-corrected chi connectivity index (χ1v) is 7.82. The lowest BCUT2D eigenvalue weighted by Gasteiger charge is -2.23. The highest BCUT2D eigenvalue weighted by Crippen LogP contribution is 2.35. The lowest BCUT2D eigenvalue weighted by Crippen LogP contribution is -2.22. The first kappa shape index (κ1) is 14.4. The summed E-state index contributed by atoms with van der Waals surface area (Å²) in [6, 6.07) is 6.11. The maximum atomic E-state index is 5.68. The molecular formula is C15H18BrN3O2. The predicted molar refractivity (Wildman–Crippen MR) is 83.9 cm³/mol. The van der Waals surface area contributed by atoms with Crippen LogP contribution in [0.5, 0.6) is 11.5 Å². The van der Waals surface area contributed by atoms with Crippen LogP contribution in [0.25, 0.3) is 0 Å². The van der Waals surface area contributed by atoms with E-state index in [0.29, 0.717) is 13.2 Å². The molecule has 0 amide bonds. The molecule has 21 heavy (non-hydrogen) atoms. The van der Waals surface area contributed by atoms with Gasteiger partial charge in [0.2, 0.25) is 0 Å². The van der Waals surface area contributed by atoms with Gasteiger partial charge in [0.05, 0.1) is 22.4 Å². The molecule has 0 saturated carbocycles. The number of aryl methyl sites for hydroxylation is 1. The molecule has 3 rings (SSSR count). The van der Waals surface area contributed by atoms with Crippen LogP contribution >= 0.6 is 15.9 Å². The minimum atomic E-state index is 0.0395. The minimum absolute atomic E-state index is 0.0395. The summed E-state index contributed by atoms with van der Waals surface area (Å²) in [4.78, 5) is 0. The molecular weight excluding hydrogens is 334 g/mol. The molecule has 6 heteroatoms. The maximum absolute atomic E-state index is 5.68. The summed E-state index contributed by atoms with van der Waals surface area (Å²) < 4.78 is 14.2. The Kier molecular flexibility index (Phi) is 4.17. The smallest absolute Gasteiger partial charge is 0.161 e. The SMILES string of the molecule is CCn1ncc(Br)c1C(NC)c1ccc2c(c1)OCCO2. The van der Waals surface area contributed by atoms with E-state index < -0.39 is 0 Å². The van der Waals surface area contributed by atoms with Crippen molar-refractivity contribution in [3.8, 4) is 11.5 Å². The Labute approximate surface area is 132 Å². The second-order valence-electron chi connectivity index (χ2n) is 4.82. The Morgan fingerprint density at radius 1 is 1.33 bits per heavy atom. The molecule has 0 aliphatic carbocycles. The summed E-state index contributed by atoms with van der Waals surface area (Å²) in [5.74, 6) is 1.61. The Bertz CT molecular complexity index is 642. The Morgan fingerprint density at radius 3 is 2.81 bits per heavy atom. The van der Waals surface area contributed by atoms with Crippen molar-refractivity contribution in [3.05, 3.63) is 40.1 Å². The molecule has 1 aromatic carbocycles. The van der Waals surface area contributed by atoms with Crippen LogP contribution in [0.1, 0.15) is 24.2 Å². The number of fused-ring (bicyclic) bond motifs is 1. The van der Waals surface area contributed by atoms with E-state index in [2.05, 4.69) is 39.3 Å². The first-order valence-electron chi connectivity index (χ1n) is 7.02. The fraction of sp³-hybridized carbons (Fsp3) is 0.400. The van der Waals surface area contributed by atoms with Crippen molar-refractivity contribution < 1.29 is 9.47 Å². The zero-order valence-electron chi connectivity index (χ0n) is 12.1. The van der Waals surface area contributed by atoms with E-state index in [0.717, 1.165) is 33.8 Å². The van der Waals surface area contributed by atoms with Gasteiger partial charge in [0.25, 0.3) is 0 Å². The van der Waals surface area contributed by atoms with Crippen LogP contribution < -0.4 is 14.8 Å². The van der Waals surface area contributed by atoms with Gasteiger partial charge in [0.15, 0.2) is 11.5 Å². The van der Waals surface area contributed by atoms with Gasteiger partial charge in [-0.05, 0) is 47.6 Å². The highest BCUT2D eigenvalue weighted by Gasteiger charge is 2.22. The van der Waals surface area contributed by atoms with Crippen molar-refractivity contribution in [2.24, 2.45) is 0 Å². The summed E-state index contributed by atoms with van der Waals surface area (Å²) in [5.41, 5.74) is 2.23. The van der Waals surface area contributed by atoms with E-state index in [1.54, 1.807) is 0 Å². The molecule has 1 atom stereocenters. The third-order valence-electron chi connectivity index (χ3n) is 3.59. The Morgan fingerprint density at radius 2 is 2.10 bits per heavy atom. The number of hydrogen-bond donors (Lipinski definition) is 1. The molecule has 112 valence electrons. The molecule has 0 saturated heterocycles. The van der Waals surface area contributed by atoms with E-state index in [-0.39, 0.29) is 6.04 Å². The average molecular weight is 352 g/mol. The number of ether oxygens (including phenoxy) is 2. The van der Waals surface area contributed by atoms with Crippen LogP contribution in [0.3, 0.4) is 0 Å². The molecule has 1 unspecified atom stereocenters. The average Bonchev–Trinajstić information content (AvgIpc) is 2.89. The van der Waals surface area contributed by atoms with Crippen LogP contribution in [-0.4, -0.2) is 30.0 Å². The second-order valence-corrected chi connectivity index (χ2v) is 5.67. The molecule has 0 spiro atoms. The quantitative estimate of drug-likeness (QED) is 0.919. The van der Waals surface area contributed by atoms with E-state index in [1.165, 1.54) is 0 Å². The highest BCUT2D eigenvalue weighted by molar-refractivity contribution is 9.10. The van der Waals surface area contributed by atoms with Crippen molar-refractivity contribution in [1.29, 1.82) is 0 Å². The molecule has 2 heterocycles. The molecule has 1 N–H and O–H groups in total. The van der Waals surface area contributed by atoms with Crippen LogP contribution in [0.2, 0.25) is 0 Å². The summed E-state index contributed by atoms with van der Waals surface area (Å²) in [6.45, 7) is 4.11. The Balaban J connectivity index is 2.02. The van der Waals surface area contributed by atoms with Gasteiger partial charge in [-0.1, -0.05) is 6.07 Å². The summed E-state index contributed by atoms with van der Waals surface area (Å²) >= 11 is 3.59. The molecule has 2 aromatic rings. The van der Waals surface area contributed by atoms with E-state index >= 15 is 0 Å². The standard InChI is InChI=1S/C15H18BrN3O2/c1-3-19-15(11(16)9-18-19)14(17-2)10-4-5-12-13(8-10)21-7-6-20-12/h4-5,8-9,14,17H,3,6-7H2,1-2H3. The normalized spacial score (nSPS) is 15.0. The molecule has 1 aliphatic heterocycles. The number of benzene rings is 1. The second kappa shape index (κ2) is 6.07. The minimum Gasteiger partial charge on any atom is -0.486 e. The molecule has 0 fully saturated rings. The first-order chi connectivity index (χ1) is 10.2. The Hall–Kier alpha value is -1.53. The van der Waals surface area contributed by atoms with Gasteiger partial charge in [-0.2, -0.15) is 5.10 Å². The number of halogens is 1. The van der Waals surface area contributed by atoms with Gasteiger partial charge in [-0.25, -0.2) is 0 Å². The number of rotatable bonds is 4. The molecule has 1 aliphatic rings. The van der Waals surface area contributed by atoms with Gasteiger partial charge < -0.3 is 14.8 Å². The van der Waals surface area contributed by atoms with Crippen molar-refractivity contribution >= 4 is 15.9 Å². The van der Waals surface area contributed by atoms with Gasteiger partial charge in [-0.15, -0.1) is 0 Å². The van der Waals surface area contributed by atoms with Gasteiger partial charge in [-0.3, -0.25) is 4.68 Å². The molecule has 1 aromatic heterocycles. The van der Waals surface area contributed by atoms with Crippen molar-refractivity contribution in [1.82, 2.24) is 15.1 Å². The number of nitrogens with zero attached hydrogens (tertiary/aromatic N) is 2. The van der Waals surface area contributed by atoms with Gasteiger partial charge in [0.1, 0.15) is 13.2 Å². The number of aromatic nitrogens is 2. The lowest BCUT2D eigenvalue weighted by atomic mass is 10.0. The highest BCUT2D eigenvalue weighted by atomic mass is 79.9. The monoisotopic (exact) mass is 351 g/mol. The summed E-state index contributed by atoms with van der Waals surface area (Å²) in [6.07, 6.45) is 1.83. The van der Waals surface area contributed by atoms with Crippen LogP contribution in [-0.2, 0) is 6.54 Å². The van der Waals surface area contributed by atoms with E-state index in [9.17, 15) is 0 Å². The number of nitrogens with one attached hydrogen (secondary N) is 1. The van der Waals surface area contributed by atoms with Crippen LogP contribution in [0.4, 0.5) is 0 Å². The van der Waals surface area contributed by atoms with Gasteiger partial charge in [0, 0.05) is 6.54 Å². The fourth-order valence-electron chi connectivity index (χ4n) is 2.61. The van der Waals surface area contributed by atoms with Crippen LogP contribution in [0, 0.1) is 0 Å². The van der Waals surface area contributed by atoms with E-state index in [1.807, 2.05) is 30.1 Å². The fourth-order valence-corrected chi connectivity index (χ4v) is 3.14. The number of hydrogen-bond acceptors (Lipinski definition) is 4. The topological polar surface area (TPSA) is 48.3 Å². The van der Waals surface area contributed by atoms with Crippen LogP contribution in [0.15, 0.2) is 28.9 Å². The lowest BCUT2D eigenvalue weighted by molar-refractivity contribution is 0.171. The molecule has 5 nitrogen and oxygen atoms in total.